The van der Waals surface area contributed by atoms with Crippen molar-refractivity contribution < 1.29 is 19.1 Å². The van der Waals surface area contributed by atoms with Gasteiger partial charge in [0.05, 0.1) is 7.11 Å². The van der Waals surface area contributed by atoms with Gasteiger partial charge in [-0.05, 0) is 60.2 Å². The first kappa shape index (κ1) is 28.2. The van der Waals surface area contributed by atoms with Crippen molar-refractivity contribution in [3.8, 4) is 11.5 Å². The number of ether oxygens (including phenoxy) is 2. The number of nitrogens with one attached hydrogen (secondary N) is 1. The number of carbonyl (C=O) groups is 2. The molecule has 2 amide bonds. The Hall–Kier alpha value is -3.80. The molecule has 6 nitrogen and oxygen atoms in total. The fourth-order valence-corrected chi connectivity index (χ4v) is 5.12. The minimum atomic E-state index is -0.681. The summed E-state index contributed by atoms with van der Waals surface area (Å²) >= 11 is 0. The summed E-state index contributed by atoms with van der Waals surface area (Å²) in [5.41, 5.74) is 3.09. The van der Waals surface area contributed by atoms with Gasteiger partial charge in [-0.3, -0.25) is 9.59 Å². The normalized spacial score (nSPS) is 14.3. The van der Waals surface area contributed by atoms with E-state index < -0.39 is 6.04 Å². The zero-order valence-corrected chi connectivity index (χ0v) is 23.1. The number of hydrogen-bond donors (Lipinski definition) is 1. The Labute approximate surface area is 232 Å². The molecule has 1 N–H and O–H groups in total. The van der Waals surface area contributed by atoms with Crippen molar-refractivity contribution in [2.75, 3.05) is 13.7 Å². The summed E-state index contributed by atoms with van der Waals surface area (Å²) in [5, 5.41) is 3.27. The molecule has 0 spiro atoms. The van der Waals surface area contributed by atoms with Gasteiger partial charge in [0.2, 0.25) is 5.91 Å². The fourth-order valence-electron chi connectivity index (χ4n) is 5.12. The van der Waals surface area contributed by atoms with Crippen molar-refractivity contribution in [2.24, 2.45) is 0 Å². The summed E-state index contributed by atoms with van der Waals surface area (Å²) in [5.74, 6) is 0.984. The van der Waals surface area contributed by atoms with Gasteiger partial charge in [-0.1, -0.05) is 80.8 Å². The van der Waals surface area contributed by atoms with E-state index in [2.05, 4.69) is 12.2 Å². The fraction of sp³-hybridized carbons (Fsp3) is 0.394. The van der Waals surface area contributed by atoms with E-state index >= 15 is 0 Å². The second-order valence-corrected chi connectivity index (χ2v) is 10.2. The first-order valence-electron chi connectivity index (χ1n) is 14.0. The van der Waals surface area contributed by atoms with Crippen molar-refractivity contribution >= 4 is 11.8 Å². The molecule has 4 rings (SSSR count). The summed E-state index contributed by atoms with van der Waals surface area (Å²) in [6.07, 6.45) is 6.74. The van der Waals surface area contributed by atoms with Crippen molar-refractivity contribution in [3.05, 3.63) is 95.6 Å². The summed E-state index contributed by atoms with van der Waals surface area (Å²) in [7, 11) is 1.62. The molecule has 0 saturated heterocycles. The molecule has 1 atom stereocenters. The van der Waals surface area contributed by atoms with Crippen LogP contribution in [0.2, 0.25) is 0 Å². The summed E-state index contributed by atoms with van der Waals surface area (Å²) in [6.45, 7) is 2.21. The summed E-state index contributed by atoms with van der Waals surface area (Å²) < 4.78 is 11.3. The molecule has 1 saturated carbocycles. The number of benzene rings is 3. The van der Waals surface area contributed by atoms with Gasteiger partial charge < -0.3 is 19.7 Å². The first-order chi connectivity index (χ1) is 19.1. The molecule has 206 valence electrons. The van der Waals surface area contributed by atoms with Gasteiger partial charge in [-0.25, -0.2) is 0 Å². The molecule has 39 heavy (non-hydrogen) atoms. The number of aryl methyl sites for hydroxylation is 1. The van der Waals surface area contributed by atoms with Crippen LogP contribution in [0.15, 0.2) is 78.9 Å². The zero-order valence-electron chi connectivity index (χ0n) is 23.1. The molecule has 3 aromatic rings. The van der Waals surface area contributed by atoms with Crippen molar-refractivity contribution in [3.63, 3.8) is 0 Å². The van der Waals surface area contributed by atoms with E-state index in [0.29, 0.717) is 17.9 Å². The molecule has 0 heterocycles. The van der Waals surface area contributed by atoms with Gasteiger partial charge in [0.25, 0.3) is 5.91 Å². The number of hydrogen-bond acceptors (Lipinski definition) is 4. The van der Waals surface area contributed by atoms with Gasteiger partial charge in [-0.15, -0.1) is 0 Å². The van der Waals surface area contributed by atoms with Crippen LogP contribution in [0.1, 0.15) is 55.7 Å². The quantitative estimate of drug-likeness (QED) is 0.326. The van der Waals surface area contributed by atoms with Crippen LogP contribution < -0.4 is 14.8 Å². The molecular weight excluding hydrogens is 488 g/mol. The Kier molecular flexibility index (Phi) is 10.4. The van der Waals surface area contributed by atoms with Crippen molar-refractivity contribution in [1.82, 2.24) is 10.2 Å². The van der Waals surface area contributed by atoms with Crippen LogP contribution in [0.3, 0.4) is 0 Å². The third-order valence-corrected chi connectivity index (χ3v) is 7.40. The van der Waals surface area contributed by atoms with Crippen LogP contribution in [0.25, 0.3) is 0 Å². The maximum Gasteiger partial charge on any atom is 0.261 e. The number of carbonyl (C=O) groups excluding carboxylic acids is 2. The van der Waals surface area contributed by atoms with Crippen molar-refractivity contribution in [2.45, 2.75) is 70.5 Å². The standard InChI is InChI=1S/C33H40N2O4/c1-3-25-17-19-29(20-18-25)39-24-32(36)35(23-27-13-10-16-30(21-27)38-2)31(22-26-11-6-4-7-12-26)33(37)34-28-14-8-5-9-15-28/h4,6-7,10-13,16-21,28,31H,3,5,8-9,14-15,22-24H2,1-2H3,(H,34,37). The molecule has 0 aliphatic heterocycles. The lowest BCUT2D eigenvalue weighted by molar-refractivity contribution is -0.143. The van der Waals surface area contributed by atoms with Gasteiger partial charge >= 0.3 is 0 Å². The molecular formula is C33H40N2O4. The van der Waals surface area contributed by atoms with Crippen molar-refractivity contribution in [1.29, 1.82) is 0 Å². The predicted molar refractivity (Wildman–Crippen MR) is 154 cm³/mol. The lowest BCUT2D eigenvalue weighted by Crippen LogP contribution is -2.53. The highest BCUT2D eigenvalue weighted by molar-refractivity contribution is 5.88. The summed E-state index contributed by atoms with van der Waals surface area (Å²) in [6, 6.07) is 24.7. The smallest absolute Gasteiger partial charge is 0.261 e. The molecule has 1 unspecified atom stereocenters. The van der Waals surface area contributed by atoms with Gasteiger partial charge in [0, 0.05) is 19.0 Å². The molecule has 1 aliphatic carbocycles. The SMILES string of the molecule is CCc1ccc(OCC(=O)N(Cc2cccc(OC)c2)C(Cc2ccccc2)C(=O)NC2CCCCC2)cc1. The second-order valence-electron chi connectivity index (χ2n) is 10.2. The lowest BCUT2D eigenvalue weighted by Gasteiger charge is -2.33. The van der Waals surface area contributed by atoms with E-state index in [0.717, 1.165) is 43.2 Å². The monoisotopic (exact) mass is 528 g/mol. The number of amides is 2. The highest BCUT2D eigenvalue weighted by Crippen LogP contribution is 2.21. The third kappa shape index (κ3) is 8.34. The predicted octanol–water partition coefficient (Wildman–Crippen LogP) is 5.73. The zero-order chi connectivity index (χ0) is 27.5. The molecule has 1 fully saturated rings. The number of nitrogens with zero attached hydrogens (tertiary/aromatic N) is 1. The lowest BCUT2D eigenvalue weighted by atomic mass is 9.94. The largest absolute Gasteiger partial charge is 0.497 e. The molecule has 3 aromatic carbocycles. The van der Waals surface area contributed by atoms with E-state index in [4.69, 9.17) is 9.47 Å². The topological polar surface area (TPSA) is 67.9 Å². The van der Waals surface area contributed by atoms with Crippen LogP contribution in [0.4, 0.5) is 0 Å². The Morgan fingerprint density at radius 2 is 1.59 bits per heavy atom. The highest BCUT2D eigenvalue weighted by Gasteiger charge is 2.32. The van der Waals surface area contributed by atoms with Crippen LogP contribution >= 0.6 is 0 Å². The van der Waals surface area contributed by atoms with E-state index in [-0.39, 0.29) is 31.0 Å². The molecule has 0 radical (unpaired) electrons. The number of rotatable bonds is 12. The molecule has 1 aliphatic rings. The Morgan fingerprint density at radius 1 is 0.872 bits per heavy atom. The van der Waals surface area contributed by atoms with Crippen LogP contribution in [-0.2, 0) is 29.0 Å². The van der Waals surface area contributed by atoms with Crippen LogP contribution in [0.5, 0.6) is 11.5 Å². The Morgan fingerprint density at radius 3 is 2.28 bits per heavy atom. The average Bonchev–Trinajstić information content (AvgIpc) is 2.99. The molecule has 0 aromatic heterocycles. The molecule has 6 heteroatoms. The van der Waals surface area contributed by atoms with Gasteiger partial charge in [0.1, 0.15) is 17.5 Å². The minimum Gasteiger partial charge on any atom is -0.497 e. The summed E-state index contributed by atoms with van der Waals surface area (Å²) in [4.78, 5) is 29.3. The Bertz CT molecular complexity index is 1190. The van der Waals surface area contributed by atoms with E-state index in [1.165, 1.54) is 12.0 Å². The second kappa shape index (κ2) is 14.4. The van der Waals surface area contributed by atoms with E-state index in [9.17, 15) is 9.59 Å². The highest BCUT2D eigenvalue weighted by atomic mass is 16.5. The van der Waals surface area contributed by atoms with Crippen LogP contribution in [0, 0.1) is 0 Å². The van der Waals surface area contributed by atoms with Gasteiger partial charge in [-0.2, -0.15) is 0 Å². The third-order valence-electron chi connectivity index (χ3n) is 7.40. The van der Waals surface area contributed by atoms with Gasteiger partial charge in [0.15, 0.2) is 6.61 Å². The Balaban J connectivity index is 1.60. The molecule has 0 bridgehead atoms. The van der Waals surface area contributed by atoms with E-state index in [1.54, 1.807) is 12.0 Å². The minimum absolute atomic E-state index is 0.116. The maximum atomic E-state index is 13.8. The van der Waals surface area contributed by atoms with E-state index in [1.807, 2.05) is 78.9 Å². The first-order valence-corrected chi connectivity index (χ1v) is 14.0. The maximum absolute atomic E-state index is 13.8. The van der Waals surface area contributed by atoms with Crippen LogP contribution in [-0.4, -0.2) is 42.5 Å². The number of methoxy groups -OCH3 is 1. The average molecular weight is 529 g/mol.